The van der Waals surface area contributed by atoms with E-state index < -0.39 is 8.07 Å². The molecule has 0 aliphatic carbocycles. The summed E-state index contributed by atoms with van der Waals surface area (Å²) in [5, 5.41) is 0. The zero-order chi connectivity index (χ0) is 8.20. The fourth-order valence-electron chi connectivity index (χ4n) is 0.976. The van der Waals surface area contributed by atoms with E-state index in [4.69, 9.17) is 0 Å². The lowest BCUT2D eigenvalue weighted by Crippen LogP contribution is -2.19. The summed E-state index contributed by atoms with van der Waals surface area (Å²) in [5.41, 5.74) is 1.28. The smallest absolute Gasteiger partial charge is 0.0486 e. The highest BCUT2D eigenvalue weighted by Gasteiger charge is 2.12. The molecular formula is C9H18Si. The third kappa shape index (κ3) is 5.83. The summed E-state index contributed by atoms with van der Waals surface area (Å²) >= 11 is 0. The highest BCUT2D eigenvalue weighted by molar-refractivity contribution is 6.76. The van der Waals surface area contributed by atoms with E-state index in [-0.39, 0.29) is 0 Å². The lowest BCUT2D eigenvalue weighted by molar-refractivity contribution is 1.41. The second-order valence-corrected chi connectivity index (χ2v) is 9.37. The van der Waals surface area contributed by atoms with Gasteiger partial charge in [0.15, 0.2) is 0 Å². The van der Waals surface area contributed by atoms with Crippen LogP contribution in [-0.2, 0) is 0 Å². The lowest BCUT2D eigenvalue weighted by atomic mass is 10.3. The predicted octanol–water partition coefficient (Wildman–Crippen LogP) is 3.46. The van der Waals surface area contributed by atoms with Gasteiger partial charge in [-0.15, -0.1) is 0 Å². The van der Waals surface area contributed by atoms with Crippen LogP contribution in [0.15, 0.2) is 24.3 Å². The predicted molar refractivity (Wildman–Crippen MR) is 52.1 cm³/mol. The second-order valence-electron chi connectivity index (χ2n) is 3.90. The molecule has 0 aliphatic heterocycles. The highest BCUT2D eigenvalue weighted by atomic mass is 28.3. The van der Waals surface area contributed by atoms with E-state index in [0.29, 0.717) is 0 Å². The van der Waals surface area contributed by atoms with Gasteiger partial charge < -0.3 is 0 Å². The van der Waals surface area contributed by atoms with Gasteiger partial charge in [-0.1, -0.05) is 43.9 Å². The van der Waals surface area contributed by atoms with Crippen LogP contribution in [0.4, 0.5) is 0 Å². The summed E-state index contributed by atoms with van der Waals surface area (Å²) in [5.74, 6) is 0. The first kappa shape index (κ1) is 9.70. The molecule has 1 heteroatoms. The third-order valence-electron chi connectivity index (χ3n) is 1.16. The van der Waals surface area contributed by atoms with Crippen molar-refractivity contribution in [2.24, 2.45) is 0 Å². The molecule has 0 nitrogen and oxygen atoms in total. The third-order valence-corrected chi connectivity index (χ3v) is 2.67. The van der Waals surface area contributed by atoms with Gasteiger partial charge in [-0.05, 0) is 13.0 Å². The molecule has 0 spiro atoms. The highest BCUT2D eigenvalue weighted by Crippen LogP contribution is 2.15. The Bertz CT molecular complexity index is 137. The molecule has 58 valence electrons. The minimum absolute atomic E-state index is 0.908. The van der Waals surface area contributed by atoms with Crippen LogP contribution >= 0.6 is 0 Å². The summed E-state index contributed by atoms with van der Waals surface area (Å²) in [4.78, 5) is 0. The second kappa shape index (κ2) is 3.77. The molecule has 0 bridgehead atoms. The maximum atomic E-state index is 3.98. The number of hydrogen-bond acceptors (Lipinski definition) is 0. The molecule has 0 saturated heterocycles. The van der Waals surface area contributed by atoms with Crippen LogP contribution in [0.5, 0.6) is 0 Å². The monoisotopic (exact) mass is 154 g/mol. The van der Waals surface area contributed by atoms with E-state index >= 15 is 0 Å². The van der Waals surface area contributed by atoms with Crippen molar-refractivity contribution in [2.45, 2.75) is 32.6 Å². The van der Waals surface area contributed by atoms with Crippen molar-refractivity contribution in [1.29, 1.82) is 0 Å². The van der Waals surface area contributed by atoms with Crippen LogP contribution in [-0.4, -0.2) is 8.07 Å². The molecule has 0 rings (SSSR count). The van der Waals surface area contributed by atoms with Crippen LogP contribution in [0.25, 0.3) is 0 Å². The number of rotatable bonds is 3. The largest absolute Gasteiger partial charge is 0.0961 e. The van der Waals surface area contributed by atoms with E-state index in [0.717, 1.165) is 0 Å². The Hall–Kier alpha value is -0.303. The average molecular weight is 154 g/mol. The topological polar surface area (TPSA) is 0 Å². The first-order chi connectivity index (χ1) is 4.45. The van der Waals surface area contributed by atoms with E-state index in [1.807, 2.05) is 6.92 Å². The van der Waals surface area contributed by atoms with Crippen LogP contribution in [0.2, 0.25) is 25.7 Å². The minimum atomic E-state index is -0.908. The van der Waals surface area contributed by atoms with Crippen molar-refractivity contribution in [2.75, 3.05) is 0 Å². The van der Waals surface area contributed by atoms with Gasteiger partial charge in [0.05, 0.1) is 0 Å². The van der Waals surface area contributed by atoms with Crippen LogP contribution in [0.3, 0.4) is 0 Å². The molecule has 0 aromatic carbocycles. The van der Waals surface area contributed by atoms with E-state index in [1.54, 1.807) is 0 Å². The Balaban J connectivity index is 3.81. The molecule has 0 amide bonds. The normalized spacial score (nSPS) is 12.4. The fraction of sp³-hybridized carbons (Fsp3) is 0.556. The molecule has 0 saturated carbocycles. The number of hydrogen-bond donors (Lipinski definition) is 0. The molecule has 0 atom stereocenters. The molecule has 0 aromatic heterocycles. The molecule has 0 N–H and O–H groups in total. The first-order valence-corrected chi connectivity index (χ1v) is 7.47. The van der Waals surface area contributed by atoms with Gasteiger partial charge in [-0.3, -0.25) is 0 Å². The molecule has 0 unspecified atom stereocenters. The van der Waals surface area contributed by atoms with Crippen molar-refractivity contribution in [3.05, 3.63) is 24.3 Å². The van der Waals surface area contributed by atoms with Gasteiger partial charge >= 0.3 is 0 Å². The van der Waals surface area contributed by atoms with Crippen molar-refractivity contribution >= 4 is 8.07 Å². The van der Waals surface area contributed by atoms with E-state index in [1.165, 1.54) is 11.6 Å². The molecule has 0 aliphatic rings. The van der Waals surface area contributed by atoms with Crippen LogP contribution in [0, 0.1) is 0 Å². The van der Waals surface area contributed by atoms with Gasteiger partial charge in [0.1, 0.15) is 0 Å². The van der Waals surface area contributed by atoms with Crippen molar-refractivity contribution in [3.8, 4) is 0 Å². The van der Waals surface area contributed by atoms with Gasteiger partial charge in [0.2, 0.25) is 0 Å². The Kier molecular flexibility index (Phi) is 3.65. The summed E-state index contributed by atoms with van der Waals surface area (Å²) in [7, 11) is -0.908. The van der Waals surface area contributed by atoms with Crippen molar-refractivity contribution in [3.63, 3.8) is 0 Å². The molecule has 0 radical (unpaired) electrons. The molecular weight excluding hydrogens is 136 g/mol. The zero-order valence-corrected chi connectivity index (χ0v) is 8.57. The summed E-state index contributed by atoms with van der Waals surface area (Å²) < 4.78 is 0. The standard InChI is InChI=1S/C9H18Si/c1-6-7-9(2)8-10(3,4)5/h6-7H,2,8H2,1,3-5H3/b7-6-. The summed E-state index contributed by atoms with van der Waals surface area (Å²) in [6, 6.07) is 1.22. The lowest BCUT2D eigenvalue weighted by Gasteiger charge is -2.15. The van der Waals surface area contributed by atoms with E-state index in [2.05, 4.69) is 38.4 Å². The van der Waals surface area contributed by atoms with Gasteiger partial charge in [-0.25, -0.2) is 0 Å². The maximum absolute atomic E-state index is 3.98. The van der Waals surface area contributed by atoms with Crippen LogP contribution in [0.1, 0.15) is 6.92 Å². The van der Waals surface area contributed by atoms with Crippen molar-refractivity contribution < 1.29 is 0 Å². The maximum Gasteiger partial charge on any atom is 0.0486 e. The van der Waals surface area contributed by atoms with Crippen molar-refractivity contribution in [1.82, 2.24) is 0 Å². The summed E-state index contributed by atoms with van der Waals surface area (Å²) in [6.07, 6.45) is 4.17. The quantitative estimate of drug-likeness (QED) is 0.431. The van der Waals surface area contributed by atoms with Gasteiger partial charge in [-0.2, -0.15) is 0 Å². The molecule has 0 heterocycles. The Morgan fingerprint density at radius 3 is 2.20 bits per heavy atom. The Morgan fingerprint density at radius 1 is 1.40 bits per heavy atom. The first-order valence-electron chi connectivity index (χ1n) is 3.76. The Labute approximate surface area is 65.7 Å². The molecule has 10 heavy (non-hydrogen) atoms. The molecule has 0 fully saturated rings. The zero-order valence-electron chi connectivity index (χ0n) is 7.57. The van der Waals surface area contributed by atoms with Gasteiger partial charge in [0.25, 0.3) is 0 Å². The average Bonchev–Trinajstić information content (AvgIpc) is 1.59. The van der Waals surface area contributed by atoms with E-state index in [9.17, 15) is 0 Å². The molecule has 0 aromatic rings. The SMILES string of the molecule is C=C(/C=C\C)C[Si](C)(C)C. The minimum Gasteiger partial charge on any atom is -0.0961 e. The van der Waals surface area contributed by atoms with Gasteiger partial charge in [0, 0.05) is 8.07 Å². The van der Waals surface area contributed by atoms with Crippen LogP contribution < -0.4 is 0 Å². The fourth-order valence-corrected chi connectivity index (χ4v) is 2.46. The number of allylic oxidation sites excluding steroid dienone is 3. The summed E-state index contributed by atoms with van der Waals surface area (Å²) in [6.45, 7) is 13.1. The Morgan fingerprint density at radius 2 is 1.90 bits per heavy atom.